The average molecular weight is 360 g/mol. The predicted molar refractivity (Wildman–Crippen MR) is 100 cm³/mol. The van der Waals surface area contributed by atoms with Crippen molar-refractivity contribution in [1.82, 2.24) is 9.80 Å². The summed E-state index contributed by atoms with van der Waals surface area (Å²) in [5.41, 5.74) is 6.56. The summed E-state index contributed by atoms with van der Waals surface area (Å²) in [5, 5.41) is 0. The van der Waals surface area contributed by atoms with E-state index in [9.17, 15) is 9.59 Å². The Morgan fingerprint density at radius 3 is 2.54 bits per heavy atom. The van der Waals surface area contributed by atoms with Crippen molar-refractivity contribution < 1.29 is 14.3 Å². The zero-order valence-corrected chi connectivity index (χ0v) is 15.4. The SMILES string of the molecule is COc1ccccc1N1CCN(CC(=O)N2CCCC[C@H]2C(N)=O)CC1. The van der Waals surface area contributed by atoms with Gasteiger partial charge in [0.15, 0.2) is 0 Å². The summed E-state index contributed by atoms with van der Waals surface area (Å²) in [5.74, 6) is 0.493. The zero-order valence-electron chi connectivity index (χ0n) is 15.4. The molecule has 142 valence electrons. The van der Waals surface area contributed by atoms with Crippen molar-refractivity contribution in [2.24, 2.45) is 5.73 Å². The van der Waals surface area contributed by atoms with Crippen LogP contribution in [0.5, 0.6) is 5.75 Å². The van der Waals surface area contributed by atoms with Crippen molar-refractivity contribution in [3.8, 4) is 5.75 Å². The van der Waals surface area contributed by atoms with Crippen LogP contribution in [0.2, 0.25) is 0 Å². The van der Waals surface area contributed by atoms with E-state index in [1.807, 2.05) is 18.2 Å². The van der Waals surface area contributed by atoms with Gasteiger partial charge in [0.05, 0.1) is 19.3 Å². The van der Waals surface area contributed by atoms with Gasteiger partial charge in [-0.3, -0.25) is 14.5 Å². The molecule has 0 aromatic heterocycles. The maximum Gasteiger partial charge on any atom is 0.240 e. The molecule has 0 aliphatic carbocycles. The van der Waals surface area contributed by atoms with Crippen LogP contribution in [0.25, 0.3) is 0 Å². The Hall–Kier alpha value is -2.28. The minimum absolute atomic E-state index is 0.0132. The lowest BCUT2D eigenvalue weighted by Crippen LogP contribution is -2.55. The number of primary amides is 1. The molecule has 2 fully saturated rings. The third-order valence-electron chi connectivity index (χ3n) is 5.31. The van der Waals surface area contributed by atoms with Crippen LogP contribution in [0.4, 0.5) is 5.69 Å². The molecule has 2 saturated heterocycles. The van der Waals surface area contributed by atoms with E-state index in [4.69, 9.17) is 10.5 Å². The van der Waals surface area contributed by atoms with Gasteiger partial charge in [-0.25, -0.2) is 0 Å². The second kappa shape index (κ2) is 8.40. The molecule has 0 radical (unpaired) electrons. The van der Waals surface area contributed by atoms with Crippen LogP contribution in [-0.2, 0) is 9.59 Å². The van der Waals surface area contributed by atoms with E-state index in [-0.39, 0.29) is 11.8 Å². The number of benzene rings is 1. The van der Waals surface area contributed by atoms with Crippen molar-refractivity contribution in [2.75, 3.05) is 51.3 Å². The lowest BCUT2D eigenvalue weighted by molar-refractivity contribution is -0.142. The second-order valence-electron chi connectivity index (χ2n) is 6.94. The van der Waals surface area contributed by atoms with Gasteiger partial charge in [-0.1, -0.05) is 12.1 Å². The fraction of sp³-hybridized carbons (Fsp3) is 0.579. The Morgan fingerprint density at radius 1 is 1.12 bits per heavy atom. The fourth-order valence-electron chi connectivity index (χ4n) is 3.85. The van der Waals surface area contributed by atoms with Gasteiger partial charge in [0.25, 0.3) is 0 Å². The molecule has 2 N–H and O–H groups in total. The molecule has 0 saturated carbocycles. The first-order valence-electron chi connectivity index (χ1n) is 9.29. The van der Waals surface area contributed by atoms with Crippen LogP contribution in [-0.4, -0.2) is 74.0 Å². The number of carbonyl (C=O) groups excluding carboxylic acids is 2. The smallest absolute Gasteiger partial charge is 0.240 e. The van der Waals surface area contributed by atoms with Crippen molar-refractivity contribution in [2.45, 2.75) is 25.3 Å². The monoisotopic (exact) mass is 360 g/mol. The Kier molecular flexibility index (Phi) is 5.98. The first kappa shape index (κ1) is 18.5. The number of methoxy groups -OCH3 is 1. The molecule has 26 heavy (non-hydrogen) atoms. The van der Waals surface area contributed by atoms with Gasteiger partial charge in [0.2, 0.25) is 11.8 Å². The first-order valence-corrected chi connectivity index (χ1v) is 9.29. The lowest BCUT2D eigenvalue weighted by Gasteiger charge is -2.39. The molecule has 7 nitrogen and oxygen atoms in total. The molecule has 2 aliphatic heterocycles. The molecule has 2 amide bonds. The number of amides is 2. The zero-order chi connectivity index (χ0) is 18.5. The van der Waals surface area contributed by atoms with E-state index in [2.05, 4.69) is 15.9 Å². The van der Waals surface area contributed by atoms with Crippen LogP contribution in [0, 0.1) is 0 Å². The third-order valence-corrected chi connectivity index (χ3v) is 5.31. The first-order chi connectivity index (χ1) is 12.6. The molecule has 2 aliphatic rings. The number of nitrogens with zero attached hydrogens (tertiary/aromatic N) is 3. The minimum atomic E-state index is -0.439. The maximum atomic E-state index is 12.7. The van der Waals surface area contributed by atoms with Gasteiger partial charge in [0.1, 0.15) is 11.8 Å². The molecule has 2 heterocycles. The number of rotatable bonds is 5. The summed E-state index contributed by atoms with van der Waals surface area (Å²) in [7, 11) is 1.68. The Balaban J connectivity index is 1.55. The van der Waals surface area contributed by atoms with Gasteiger partial charge < -0.3 is 20.3 Å². The molecule has 7 heteroatoms. The van der Waals surface area contributed by atoms with Crippen molar-refractivity contribution >= 4 is 17.5 Å². The number of hydrogen-bond donors (Lipinski definition) is 1. The number of anilines is 1. The number of piperazine rings is 1. The summed E-state index contributed by atoms with van der Waals surface area (Å²) >= 11 is 0. The Bertz CT molecular complexity index is 643. The summed E-state index contributed by atoms with van der Waals surface area (Å²) in [6.45, 7) is 4.27. The minimum Gasteiger partial charge on any atom is -0.495 e. The third kappa shape index (κ3) is 4.09. The molecule has 1 atom stereocenters. The highest BCUT2D eigenvalue weighted by atomic mass is 16.5. The van der Waals surface area contributed by atoms with Gasteiger partial charge >= 0.3 is 0 Å². The van der Waals surface area contributed by atoms with Crippen LogP contribution in [0.3, 0.4) is 0 Å². The molecule has 1 aromatic carbocycles. The Labute approximate surface area is 154 Å². The lowest BCUT2D eigenvalue weighted by atomic mass is 10.0. The normalized spacial score (nSPS) is 21.5. The quantitative estimate of drug-likeness (QED) is 0.836. The van der Waals surface area contributed by atoms with Gasteiger partial charge in [-0.05, 0) is 31.4 Å². The summed E-state index contributed by atoms with van der Waals surface area (Å²) in [6.07, 6.45) is 2.58. The van der Waals surface area contributed by atoms with Gasteiger partial charge in [0, 0.05) is 32.7 Å². The van der Waals surface area contributed by atoms with Gasteiger partial charge in [-0.15, -0.1) is 0 Å². The predicted octanol–water partition coefficient (Wildman–Crippen LogP) is 0.684. The van der Waals surface area contributed by atoms with Crippen molar-refractivity contribution in [3.63, 3.8) is 0 Å². The molecule has 0 bridgehead atoms. The number of likely N-dealkylation sites (tertiary alicyclic amines) is 1. The fourth-order valence-corrected chi connectivity index (χ4v) is 3.85. The number of ether oxygens (including phenoxy) is 1. The average Bonchev–Trinajstić information content (AvgIpc) is 2.68. The van der Waals surface area contributed by atoms with E-state index in [0.717, 1.165) is 50.5 Å². The molecular formula is C19H28N4O3. The highest BCUT2D eigenvalue weighted by Crippen LogP contribution is 2.28. The van der Waals surface area contributed by atoms with E-state index >= 15 is 0 Å². The van der Waals surface area contributed by atoms with E-state index in [1.165, 1.54) is 0 Å². The summed E-state index contributed by atoms with van der Waals surface area (Å²) < 4.78 is 5.44. The van der Waals surface area contributed by atoms with E-state index in [0.29, 0.717) is 19.5 Å². The highest BCUT2D eigenvalue weighted by Gasteiger charge is 2.31. The van der Waals surface area contributed by atoms with Crippen LogP contribution >= 0.6 is 0 Å². The number of hydrogen-bond acceptors (Lipinski definition) is 5. The largest absolute Gasteiger partial charge is 0.495 e. The molecule has 3 rings (SSSR count). The number of para-hydroxylation sites is 2. The maximum absolute atomic E-state index is 12.7. The standard InChI is InChI=1S/C19H28N4O3/c1-26-17-8-3-2-6-15(17)22-12-10-21(11-13-22)14-18(24)23-9-5-4-7-16(23)19(20)25/h2-3,6,8,16H,4-5,7,9-14H2,1H3,(H2,20,25)/t16-/m0/s1. The molecule has 0 unspecified atom stereocenters. The summed E-state index contributed by atoms with van der Waals surface area (Å²) in [4.78, 5) is 30.4. The summed E-state index contributed by atoms with van der Waals surface area (Å²) in [6, 6.07) is 7.56. The van der Waals surface area contributed by atoms with Crippen LogP contribution < -0.4 is 15.4 Å². The topological polar surface area (TPSA) is 79.1 Å². The van der Waals surface area contributed by atoms with Crippen LogP contribution in [0.15, 0.2) is 24.3 Å². The number of piperidine rings is 1. The number of carbonyl (C=O) groups is 2. The van der Waals surface area contributed by atoms with Crippen LogP contribution in [0.1, 0.15) is 19.3 Å². The van der Waals surface area contributed by atoms with Crippen molar-refractivity contribution in [1.29, 1.82) is 0 Å². The van der Waals surface area contributed by atoms with E-state index in [1.54, 1.807) is 12.0 Å². The van der Waals surface area contributed by atoms with Gasteiger partial charge in [-0.2, -0.15) is 0 Å². The molecular weight excluding hydrogens is 332 g/mol. The Morgan fingerprint density at radius 2 is 1.85 bits per heavy atom. The molecule has 1 aromatic rings. The van der Waals surface area contributed by atoms with Crippen molar-refractivity contribution in [3.05, 3.63) is 24.3 Å². The highest BCUT2D eigenvalue weighted by molar-refractivity contribution is 5.87. The van der Waals surface area contributed by atoms with E-state index < -0.39 is 6.04 Å². The number of nitrogens with two attached hydrogens (primary N) is 1. The second-order valence-corrected chi connectivity index (χ2v) is 6.94. The molecule has 0 spiro atoms.